The maximum atomic E-state index is 2.44. The number of anilines is 3. The molecule has 52 heavy (non-hydrogen) atoms. The number of nitrogens with zero attached hydrogens (tertiary/aromatic N) is 1. The van der Waals surface area contributed by atoms with E-state index in [4.69, 9.17) is 0 Å². The van der Waals surface area contributed by atoms with Crippen LogP contribution in [0.1, 0.15) is 25.0 Å². The molecular weight excluding hydrogens is 627 g/mol. The molecule has 0 bridgehead atoms. The molecule has 0 N–H and O–H groups in total. The smallest absolute Gasteiger partial charge is 0.0468 e. The quantitative estimate of drug-likeness (QED) is 0.166. The monoisotopic (exact) mass is 663 g/mol. The summed E-state index contributed by atoms with van der Waals surface area (Å²) in [6.07, 6.45) is 0. The highest BCUT2D eigenvalue weighted by molar-refractivity contribution is 6.15. The molecule has 0 saturated carbocycles. The maximum Gasteiger partial charge on any atom is 0.0468 e. The predicted molar refractivity (Wildman–Crippen MR) is 222 cm³/mol. The van der Waals surface area contributed by atoms with E-state index in [2.05, 4.69) is 207 Å². The average molecular weight is 664 g/mol. The second kappa shape index (κ2) is 11.8. The summed E-state index contributed by atoms with van der Waals surface area (Å²) in [7, 11) is 0. The highest BCUT2D eigenvalue weighted by Gasteiger charge is 2.35. The fourth-order valence-electron chi connectivity index (χ4n) is 8.54. The summed E-state index contributed by atoms with van der Waals surface area (Å²) in [6.45, 7) is 4.72. The van der Waals surface area contributed by atoms with Crippen LogP contribution in [0.3, 0.4) is 0 Å². The van der Waals surface area contributed by atoms with Crippen molar-refractivity contribution in [2.45, 2.75) is 19.3 Å². The van der Waals surface area contributed by atoms with E-state index in [0.29, 0.717) is 0 Å². The fraction of sp³-hybridized carbons (Fsp3) is 0.0588. The molecular formula is C51H37N. The van der Waals surface area contributed by atoms with Gasteiger partial charge >= 0.3 is 0 Å². The summed E-state index contributed by atoms with van der Waals surface area (Å²) in [6, 6.07) is 69.3. The van der Waals surface area contributed by atoms with E-state index < -0.39 is 0 Å². The van der Waals surface area contributed by atoms with Gasteiger partial charge in [0.15, 0.2) is 0 Å². The van der Waals surface area contributed by atoms with Gasteiger partial charge in [0.05, 0.1) is 0 Å². The Kier molecular flexibility index (Phi) is 6.91. The average Bonchev–Trinajstić information content (AvgIpc) is 3.43. The molecule has 0 fully saturated rings. The molecule has 0 amide bonds. The van der Waals surface area contributed by atoms with Crippen molar-refractivity contribution >= 4 is 49.4 Å². The lowest BCUT2D eigenvalue weighted by molar-refractivity contribution is 0.660. The summed E-state index contributed by atoms with van der Waals surface area (Å²) in [5.41, 5.74) is 13.6. The molecule has 1 heteroatoms. The van der Waals surface area contributed by atoms with Gasteiger partial charge < -0.3 is 4.90 Å². The van der Waals surface area contributed by atoms with Crippen LogP contribution in [0.25, 0.3) is 65.7 Å². The standard InChI is InChI=1S/C51H37N/c1-51(2)49-19-11-10-18-45(49)46-29-27-42(33-50(46)51)52(40-24-22-36(23-25-40)34-12-4-3-5-13-34)41-26-28-44-47(31-38-16-8-9-17-43(38)48(44)32-41)39-21-20-35-14-6-7-15-37(35)30-39/h3-33H,1-2H3. The summed E-state index contributed by atoms with van der Waals surface area (Å²) < 4.78 is 0. The van der Waals surface area contributed by atoms with Gasteiger partial charge in [-0.2, -0.15) is 0 Å². The molecule has 0 radical (unpaired) electrons. The van der Waals surface area contributed by atoms with Gasteiger partial charge in [0.25, 0.3) is 0 Å². The molecule has 0 saturated heterocycles. The zero-order chi connectivity index (χ0) is 34.8. The third-order valence-electron chi connectivity index (χ3n) is 11.2. The normalized spacial score (nSPS) is 13.0. The van der Waals surface area contributed by atoms with Crippen LogP contribution >= 0.6 is 0 Å². The molecule has 0 aliphatic heterocycles. The van der Waals surface area contributed by atoms with E-state index in [9.17, 15) is 0 Å². The Hall–Kier alpha value is -6.44. The predicted octanol–water partition coefficient (Wildman–Crippen LogP) is 14.3. The summed E-state index contributed by atoms with van der Waals surface area (Å²) in [5, 5.41) is 7.51. The highest BCUT2D eigenvalue weighted by Crippen LogP contribution is 2.51. The first-order chi connectivity index (χ1) is 25.5. The zero-order valence-corrected chi connectivity index (χ0v) is 29.3. The van der Waals surface area contributed by atoms with Crippen LogP contribution in [0, 0.1) is 0 Å². The molecule has 1 aliphatic rings. The second-order valence-electron chi connectivity index (χ2n) is 14.6. The molecule has 246 valence electrons. The SMILES string of the molecule is CC1(C)c2ccccc2-c2ccc(N(c3ccc(-c4ccccc4)cc3)c3ccc4c(-c5ccc6ccccc6c5)cc5ccccc5c4c3)cc21. The van der Waals surface area contributed by atoms with E-state index in [0.717, 1.165) is 17.1 Å². The molecule has 10 rings (SSSR count). The maximum absolute atomic E-state index is 2.44. The van der Waals surface area contributed by atoms with E-state index in [-0.39, 0.29) is 5.41 Å². The lowest BCUT2D eigenvalue weighted by Crippen LogP contribution is -2.16. The Labute approximate surface area is 305 Å². The fourth-order valence-corrected chi connectivity index (χ4v) is 8.54. The van der Waals surface area contributed by atoms with Gasteiger partial charge in [-0.3, -0.25) is 0 Å². The van der Waals surface area contributed by atoms with Crippen molar-refractivity contribution in [1.82, 2.24) is 0 Å². The molecule has 0 aromatic heterocycles. The number of rotatable bonds is 5. The first-order valence-electron chi connectivity index (χ1n) is 18.2. The Morgan fingerprint density at radius 3 is 1.79 bits per heavy atom. The third kappa shape index (κ3) is 4.85. The van der Waals surface area contributed by atoms with Crippen LogP contribution in [-0.2, 0) is 5.41 Å². The van der Waals surface area contributed by atoms with Crippen molar-refractivity contribution in [2.75, 3.05) is 4.90 Å². The van der Waals surface area contributed by atoms with Crippen molar-refractivity contribution < 1.29 is 0 Å². The van der Waals surface area contributed by atoms with Crippen LogP contribution in [-0.4, -0.2) is 0 Å². The van der Waals surface area contributed by atoms with Gasteiger partial charge in [-0.1, -0.05) is 153 Å². The number of fused-ring (bicyclic) bond motifs is 7. The van der Waals surface area contributed by atoms with Crippen LogP contribution in [0.2, 0.25) is 0 Å². The minimum absolute atomic E-state index is 0.0981. The third-order valence-corrected chi connectivity index (χ3v) is 11.2. The molecule has 0 atom stereocenters. The van der Waals surface area contributed by atoms with Gasteiger partial charge in [0.2, 0.25) is 0 Å². The lowest BCUT2D eigenvalue weighted by Gasteiger charge is -2.29. The minimum Gasteiger partial charge on any atom is -0.310 e. The number of hydrogen-bond donors (Lipinski definition) is 0. The van der Waals surface area contributed by atoms with E-state index in [1.54, 1.807) is 0 Å². The van der Waals surface area contributed by atoms with Crippen LogP contribution < -0.4 is 4.90 Å². The molecule has 1 nitrogen and oxygen atoms in total. The number of hydrogen-bond acceptors (Lipinski definition) is 1. The summed E-state index contributed by atoms with van der Waals surface area (Å²) >= 11 is 0. The van der Waals surface area contributed by atoms with Crippen LogP contribution in [0.15, 0.2) is 188 Å². The van der Waals surface area contributed by atoms with Crippen molar-refractivity contribution in [3.63, 3.8) is 0 Å². The molecule has 9 aromatic carbocycles. The molecule has 9 aromatic rings. The highest BCUT2D eigenvalue weighted by atomic mass is 15.1. The van der Waals surface area contributed by atoms with Crippen LogP contribution in [0.5, 0.6) is 0 Å². The molecule has 1 aliphatic carbocycles. The summed E-state index contributed by atoms with van der Waals surface area (Å²) in [4.78, 5) is 2.44. The van der Waals surface area contributed by atoms with Crippen molar-refractivity contribution in [2.24, 2.45) is 0 Å². The van der Waals surface area contributed by atoms with E-state index in [1.807, 2.05) is 0 Å². The van der Waals surface area contributed by atoms with E-state index in [1.165, 1.54) is 76.8 Å². The van der Waals surface area contributed by atoms with E-state index >= 15 is 0 Å². The Bertz CT molecular complexity index is 2810. The van der Waals surface area contributed by atoms with Gasteiger partial charge in [-0.05, 0) is 125 Å². The van der Waals surface area contributed by atoms with Gasteiger partial charge in [-0.15, -0.1) is 0 Å². The first kappa shape index (κ1) is 30.4. The largest absolute Gasteiger partial charge is 0.310 e. The van der Waals surface area contributed by atoms with Crippen molar-refractivity contribution in [1.29, 1.82) is 0 Å². The Morgan fingerprint density at radius 1 is 0.327 bits per heavy atom. The Balaban J connectivity index is 1.18. The summed E-state index contributed by atoms with van der Waals surface area (Å²) in [5.74, 6) is 0. The van der Waals surface area contributed by atoms with Gasteiger partial charge in [-0.25, -0.2) is 0 Å². The topological polar surface area (TPSA) is 3.24 Å². The van der Waals surface area contributed by atoms with Gasteiger partial charge in [0, 0.05) is 22.5 Å². The minimum atomic E-state index is -0.0981. The molecule has 0 spiro atoms. The molecule has 0 heterocycles. The second-order valence-corrected chi connectivity index (χ2v) is 14.6. The number of benzene rings is 9. The zero-order valence-electron chi connectivity index (χ0n) is 29.3. The van der Waals surface area contributed by atoms with Gasteiger partial charge in [0.1, 0.15) is 0 Å². The Morgan fingerprint density at radius 2 is 0.942 bits per heavy atom. The van der Waals surface area contributed by atoms with Crippen molar-refractivity contribution in [3.05, 3.63) is 199 Å². The van der Waals surface area contributed by atoms with Crippen molar-refractivity contribution in [3.8, 4) is 33.4 Å². The molecule has 0 unspecified atom stereocenters. The lowest BCUT2D eigenvalue weighted by atomic mass is 9.82. The first-order valence-corrected chi connectivity index (χ1v) is 18.2. The van der Waals surface area contributed by atoms with Crippen LogP contribution in [0.4, 0.5) is 17.1 Å².